The first-order valence-corrected chi connectivity index (χ1v) is 6.80. The van der Waals surface area contributed by atoms with Crippen LogP contribution in [0.25, 0.3) is 0 Å². The molecule has 0 atom stereocenters. The Bertz CT molecular complexity index is 435. The van der Waals surface area contributed by atoms with Gasteiger partial charge in [0.05, 0.1) is 13.2 Å². The van der Waals surface area contributed by atoms with Crippen molar-refractivity contribution >= 4 is 0 Å². The summed E-state index contributed by atoms with van der Waals surface area (Å²) in [7, 11) is 3.77. The molecule has 0 aromatic heterocycles. The minimum absolute atomic E-state index is 0.529. The third-order valence-electron chi connectivity index (χ3n) is 3.34. The highest BCUT2D eigenvalue weighted by atomic mass is 16.5. The highest BCUT2D eigenvalue weighted by Crippen LogP contribution is 2.24. The van der Waals surface area contributed by atoms with E-state index in [0.717, 1.165) is 25.3 Å². The molecule has 0 amide bonds. The van der Waals surface area contributed by atoms with Crippen LogP contribution in [0.15, 0.2) is 18.2 Å². The molecule has 0 spiro atoms. The third-order valence-corrected chi connectivity index (χ3v) is 3.34. The van der Waals surface area contributed by atoms with Gasteiger partial charge in [-0.05, 0) is 36.6 Å². The molecule has 3 nitrogen and oxygen atoms in total. The van der Waals surface area contributed by atoms with Gasteiger partial charge in [-0.25, -0.2) is 0 Å². The van der Waals surface area contributed by atoms with Crippen LogP contribution in [0.1, 0.15) is 37.3 Å². The molecular formula is C16H24N2O. The summed E-state index contributed by atoms with van der Waals surface area (Å²) in [6, 6.07) is 8.60. The van der Waals surface area contributed by atoms with Gasteiger partial charge in [0.25, 0.3) is 0 Å². The van der Waals surface area contributed by atoms with Crippen LogP contribution in [0.4, 0.5) is 0 Å². The molecule has 1 aromatic carbocycles. The van der Waals surface area contributed by atoms with Crippen molar-refractivity contribution in [1.82, 2.24) is 4.90 Å². The van der Waals surface area contributed by atoms with Crippen LogP contribution in [-0.4, -0.2) is 32.1 Å². The van der Waals surface area contributed by atoms with Gasteiger partial charge in [-0.1, -0.05) is 26.0 Å². The van der Waals surface area contributed by atoms with Crippen LogP contribution in [0.2, 0.25) is 0 Å². The van der Waals surface area contributed by atoms with E-state index in [1.54, 1.807) is 7.11 Å². The van der Waals surface area contributed by atoms with Crippen molar-refractivity contribution in [3.8, 4) is 11.8 Å². The topological polar surface area (TPSA) is 36.3 Å². The Labute approximate surface area is 116 Å². The molecule has 3 heteroatoms. The second kappa shape index (κ2) is 7.81. The molecular weight excluding hydrogens is 236 g/mol. The Kier molecular flexibility index (Phi) is 6.38. The van der Waals surface area contributed by atoms with Gasteiger partial charge in [0.1, 0.15) is 5.75 Å². The Morgan fingerprint density at radius 3 is 2.63 bits per heavy atom. The number of benzene rings is 1. The number of nitriles is 1. The molecule has 0 fully saturated rings. The maximum atomic E-state index is 8.58. The number of hydrogen-bond donors (Lipinski definition) is 0. The van der Waals surface area contributed by atoms with E-state index >= 15 is 0 Å². The maximum Gasteiger partial charge on any atom is 0.122 e. The lowest BCUT2D eigenvalue weighted by atomic mass is 9.99. The summed E-state index contributed by atoms with van der Waals surface area (Å²) in [5.74, 6) is 1.49. The molecule has 0 aliphatic carbocycles. The molecule has 0 bridgehead atoms. The highest BCUT2D eigenvalue weighted by molar-refractivity contribution is 5.38. The van der Waals surface area contributed by atoms with E-state index in [4.69, 9.17) is 10.00 Å². The maximum absolute atomic E-state index is 8.58. The standard InChI is InChI=1S/C16H24N2O/c1-13(2)14-6-7-16(19-4)15(12-14)8-11-18(3)10-5-9-17/h6-7,12-13H,5,8,10-11H2,1-4H3. The van der Waals surface area contributed by atoms with E-state index in [1.807, 2.05) is 0 Å². The molecule has 0 unspecified atom stereocenters. The van der Waals surface area contributed by atoms with Crippen LogP contribution >= 0.6 is 0 Å². The lowest BCUT2D eigenvalue weighted by Crippen LogP contribution is -2.22. The molecule has 0 radical (unpaired) electrons. The quantitative estimate of drug-likeness (QED) is 0.755. The van der Waals surface area contributed by atoms with Crippen molar-refractivity contribution in [2.75, 3.05) is 27.2 Å². The van der Waals surface area contributed by atoms with Gasteiger partial charge in [-0.15, -0.1) is 0 Å². The van der Waals surface area contributed by atoms with Gasteiger partial charge in [0.15, 0.2) is 0 Å². The van der Waals surface area contributed by atoms with Crippen molar-refractivity contribution in [2.24, 2.45) is 0 Å². The molecule has 1 rings (SSSR count). The number of rotatable bonds is 7. The fourth-order valence-electron chi connectivity index (χ4n) is 2.02. The average molecular weight is 260 g/mol. The zero-order chi connectivity index (χ0) is 14.3. The summed E-state index contributed by atoms with van der Waals surface area (Å²) in [5, 5.41) is 8.58. The Balaban J connectivity index is 2.70. The second-order valence-electron chi connectivity index (χ2n) is 5.19. The smallest absolute Gasteiger partial charge is 0.122 e. The van der Waals surface area contributed by atoms with Crippen LogP contribution in [-0.2, 0) is 6.42 Å². The summed E-state index contributed by atoms with van der Waals surface area (Å²) >= 11 is 0. The Morgan fingerprint density at radius 2 is 2.05 bits per heavy atom. The average Bonchev–Trinajstić information content (AvgIpc) is 2.42. The van der Waals surface area contributed by atoms with Crippen molar-refractivity contribution in [2.45, 2.75) is 32.6 Å². The van der Waals surface area contributed by atoms with E-state index in [-0.39, 0.29) is 0 Å². The predicted molar refractivity (Wildman–Crippen MR) is 78.5 cm³/mol. The zero-order valence-corrected chi connectivity index (χ0v) is 12.4. The lowest BCUT2D eigenvalue weighted by Gasteiger charge is -2.17. The SMILES string of the molecule is COc1ccc(C(C)C)cc1CCN(C)CCC#N. The molecule has 0 heterocycles. The first-order valence-electron chi connectivity index (χ1n) is 6.80. The fourth-order valence-corrected chi connectivity index (χ4v) is 2.02. The van der Waals surface area contributed by atoms with Crippen molar-refractivity contribution in [3.63, 3.8) is 0 Å². The molecule has 0 saturated carbocycles. The summed E-state index contributed by atoms with van der Waals surface area (Å²) in [6.07, 6.45) is 1.53. The number of likely N-dealkylation sites (N-methyl/N-ethyl adjacent to an activating group) is 1. The fraction of sp³-hybridized carbons (Fsp3) is 0.562. The molecule has 104 valence electrons. The molecule has 1 aromatic rings. The monoisotopic (exact) mass is 260 g/mol. The minimum atomic E-state index is 0.529. The summed E-state index contributed by atoms with van der Waals surface area (Å²) < 4.78 is 5.42. The molecule has 0 N–H and O–H groups in total. The Hall–Kier alpha value is -1.53. The van der Waals surface area contributed by atoms with Crippen molar-refractivity contribution < 1.29 is 4.74 Å². The van der Waals surface area contributed by atoms with Gasteiger partial charge in [-0.3, -0.25) is 0 Å². The van der Waals surface area contributed by atoms with E-state index in [9.17, 15) is 0 Å². The van der Waals surface area contributed by atoms with Crippen molar-refractivity contribution in [3.05, 3.63) is 29.3 Å². The first-order chi connectivity index (χ1) is 9.08. The minimum Gasteiger partial charge on any atom is -0.496 e. The molecule has 19 heavy (non-hydrogen) atoms. The van der Waals surface area contributed by atoms with Crippen LogP contribution < -0.4 is 4.74 Å². The predicted octanol–water partition coefficient (Wildman–Crippen LogP) is 3.21. The van der Waals surface area contributed by atoms with Gasteiger partial charge in [-0.2, -0.15) is 5.26 Å². The lowest BCUT2D eigenvalue weighted by molar-refractivity contribution is 0.342. The number of hydrogen-bond acceptors (Lipinski definition) is 3. The largest absolute Gasteiger partial charge is 0.496 e. The zero-order valence-electron chi connectivity index (χ0n) is 12.4. The van der Waals surface area contributed by atoms with Gasteiger partial charge < -0.3 is 9.64 Å². The summed E-state index contributed by atoms with van der Waals surface area (Å²) in [6.45, 7) is 6.16. The van der Waals surface area contributed by atoms with E-state index < -0.39 is 0 Å². The van der Waals surface area contributed by atoms with Crippen LogP contribution in [0, 0.1) is 11.3 Å². The van der Waals surface area contributed by atoms with Crippen LogP contribution in [0.3, 0.4) is 0 Å². The van der Waals surface area contributed by atoms with Gasteiger partial charge in [0, 0.05) is 19.5 Å². The first kappa shape index (κ1) is 15.5. The highest BCUT2D eigenvalue weighted by Gasteiger charge is 2.08. The number of ether oxygens (including phenoxy) is 1. The number of methoxy groups -OCH3 is 1. The summed E-state index contributed by atoms with van der Waals surface area (Å²) in [5.41, 5.74) is 2.59. The van der Waals surface area contributed by atoms with E-state index in [1.165, 1.54) is 11.1 Å². The van der Waals surface area contributed by atoms with Gasteiger partial charge in [0.2, 0.25) is 0 Å². The molecule has 0 aliphatic heterocycles. The van der Waals surface area contributed by atoms with Gasteiger partial charge >= 0.3 is 0 Å². The third kappa shape index (κ3) is 4.92. The normalized spacial score (nSPS) is 10.8. The van der Waals surface area contributed by atoms with E-state index in [2.05, 4.69) is 50.1 Å². The number of nitrogens with zero attached hydrogens (tertiary/aromatic N) is 2. The second-order valence-corrected chi connectivity index (χ2v) is 5.19. The summed E-state index contributed by atoms with van der Waals surface area (Å²) in [4.78, 5) is 2.19. The van der Waals surface area contributed by atoms with Crippen molar-refractivity contribution in [1.29, 1.82) is 5.26 Å². The molecule has 0 aliphatic rings. The Morgan fingerprint density at radius 1 is 1.32 bits per heavy atom. The van der Waals surface area contributed by atoms with Crippen LogP contribution in [0.5, 0.6) is 5.75 Å². The van der Waals surface area contributed by atoms with E-state index in [0.29, 0.717) is 12.3 Å². The molecule has 0 saturated heterocycles.